The Morgan fingerprint density at radius 1 is 1.23 bits per heavy atom. The van der Waals surface area contributed by atoms with Gasteiger partial charge >= 0.3 is 0 Å². The lowest BCUT2D eigenvalue weighted by molar-refractivity contribution is -0.0198. The molecule has 2 aliphatic heterocycles. The molecule has 0 amide bonds. The van der Waals surface area contributed by atoms with Gasteiger partial charge in [-0.1, -0.05) is 12.1 Å². The van der Waals surface area contributed by atoms with Crippen molar-refractivity contribution in [1.82, 2.24) is 14.5 Å². The predicted octanol–water partition coefficient (Wildman–Crippen LogP) is 3.71. The van der Waals surface area contributed by atoms with E-state index >= 15 is 0 Å². The number of ether oxygens (including phenoxy) is 2. The molecule has 1 aliphatic carbocycles. The van der Waals surface area contributed by atoms with Crippen LogP contribution in [0.25, 0.3) is 22.2 Å². The lowest BCUT2D eigenvalue weighted by Crippen LogP contribution is -2.32. The average molecular weight is 421 g/mol. The van der Waals surface area contributed by atoms with Gasteiger partial charge in [0.25, 0.3) is 0 Å². The van der Waals surface area contributed by atoms with Crippen molar-refractivity contribution in [2.24, 2.45) is 5.92 Å². The van der Waals surface area contributed by atoms with Crippen LogP contribution in [-0.4, -0.2) is 44.6 Å². The number of nitrogen functional groups attached to an aromatic ring is 1. The predicted molar refractivity (Wildman–Crippen MR) is 118 cm³/mol. The number of anilines is 1. The third-order valence-electron chi connectivity index (χ3n) is 7.41. The van der Waals surface area contributed by atoms with Crippen LogP contribution in [-0.2, 0) is 4.74 Å². The summed E-state index contributed by atoms with van der Waals surface area (Å²) < 4.78 is 14.6. The van der Waals surface area contributed by atoms with E-state index in [9.17, 15) is 5.11 Å². The van der Waals surface area contributed by atoms with Crippen LogP contribution in [0.1, 0.15) is 44.6 Å². The fourth-order valence-corrected chi connectivity index (χ4v) is 5.54. The quantitative estimate of drug-likeness (QED) is 0.631. The molecule has 1 aromatic carbocycles. The van der Waals surface area contributed by atoms with Gasteiger partial charge < -0.3 is 24.9 Å². The molecular formula is C24H28N4O3. The maximum absolute atomic E-state index is 9.41. The van der Waals surface area contributed by atoms with Gasteiger partial charge in [-0.2, -0.15) is 0 Å². The second-order valence-electron chi connectivity index (χ2n) is 9.40. The first-order chi connectivity index (χ1) is 15.1. The second kappa shape index (κ2) is 7.21. The average Bonchev–Trinajstić information content (AvgIpc) is 3.46. The highest BCUT2D eigenvalue weighted by Gasteiger charge is 2.46. The number of benzene rings is 1. The summed E-state index contributed by atoms with van der Waals surface area (Å²) in [5.41, 5.74) is 9.10. The summed E-state index contributed by atoms with van der Waals surface area (Å²) in [5.74, 6) is 1.69. The van der Waals surface area contributed by atoms with Crippen LogP contribution in [0.5, 0.6) is 5.75 Å². The summed E-state index contributed by atoms with van der Waals surface area (Å²) in [7, 11) is 0. The van der Waals surface area contributed by atoms with Gasteiger partial charge in [-0.05, 0) is 62.1 Å². The van der Waals surface area contributed by atoms with Crippen LogP contribution in [0.15, 0.2) is 36.8 Å². The molecule has 2 aromatic heterocycles. The number of fused-ring (bicyclic) bond motifs is 3. The molecule has 3 fully saturated rings. The van der Waals surface area contributed by atoms with Gasteiger partial charge in [0.15, 0.2) is 0 Å². The molecule has 0 unspecified atom stereocenters. The van der Waals surface area contributed by atoms with Gasteiger partial charge in [0, 0.05) is 24.4 Å². The smallest absolute Gasteiger partial charge is 0.146 e. The lowest BCUT2D eigenvalue weighted by atomic mass is 9.81. The molecule has 2 bridgehead atoms. The fourth-order valence-electron chi connectivity index (χ4n) is 5.54. The number of aromatic nitrogens is 3. The third-order valence-corrected chi connectivity index (χ3v) is 7.41. The summed E-state index contributed by atoms with van der Waals surface area (Å²) in [6.45, 7) is 0.843. The molecule has 162 valence electrons. The van der Waals surface area contributed by atoms with E-state index < -0.39 is 0 Å². The normalized spacial score (nSPS) is 29.4. The number of hydrogen-bond acceptors (Lipinski definition) is 6. The van der Waals surface area contributed by atoms with Crippen LogP contribution in [0.4, 0.5) is 5.82 Å². The number of aliphatic hydroxyl groups excluding tert-OH is 1. The zero-order valence-electron chi connectivity index (χ0n) is 17.5. The Morgan fingerprint density at radius 3 is 2.81 bits per heavy atom. The van der Waals surface area contributed by atoms with Crippen molar-refractivity contribution >= 4 is 16.9 Å². The summed E-state index contributed by atoms with van der Waals surface area (Å²) in [6.07, 6.45) is 10.5. The zero-order valence-corrected chi connectivity index (χ0v) is 17.5. The van der Waals surface area contributed by atoms with E-state index in [4.69, 9.17) is 15.2 Å². The minimum atomic E-state index is -0.0948. The Morgan fingerprint density at radius 2 is 2.06 bits per heavy atom. The topological polar surface area (TPSA) is 95.4 Å². The minimum Gasteiger partial charge on any atom is -0.491 e. The maximum atomic E-state index is 9.41. The molecule has 0 atom stereocenters. The van der Waals surface area contributed by atoms with Gasteiger partial charge in [-0.15, -0.1) is 0 Å². The van der Waals surface area contributed by atoms with Gasteiger partial charge in [-0.3, -0.25) is 0 Å². The first kappa shape index (κ1) is 19.1. The molecule has 6 rings (SSSR count). The van der Waals surface area contributed by atoms with Gasteiger partial charge in [-0.25, -0.2) is 9.97 Å². The highest BCUT2D eigenvalue weighted by molar-refractivity contribution is 6.00. The summed E-state index contributed by atoms with van der Waals surface area (Å²) in [6, 6.07) is 8.49. The summed E-state index contributed by atoms with van der Waals surface area (Å²) >= 11 is 0. The lowest BCUT2D eigenvalue weighted by Gasteiger charge is -2.35. The van der Waals surface area contributed by atoms with E-state index in [1.807, 2.05) is 12.1 Å². The van der Waals surface area contributed by atoms with Gasteiger partial charge in [0.1, 0.15) is 35.7 Å². The van der Waals surface area contributed by atoms with E-state index in [-0.39, 0.29) is 12.2 Å². The Bertz CT molecular complexity index is 1110. The second-order valence-corrected chi connectivity index (χ2v) is 9.40. The first-order valence-corrected chi connectivity index (χ1v) is 11.3. The molecule has 3 N–H and O–H groups in total. The molecule has 1 saturated carbocycles. The van der Waals surface area contributed by atoms with Crippen molar-refractivity contribution in [3.05, 3.63) is 36.8 Å². The molecule has 2 saturated heterocycles. The molecule has 7 nitrogen and oxygen atoms in total. The third kappa shape index (κ3) is 3.18. The van der Waals surface area contributed by atoms with Crippen molar-refractivity contribution in [2.45, 2.75) is 56.3 Å². The van der Waals surface area contributed by atoms with Crippen molar-refractivity contribution in [2.75, 3.05) is 18.9 Å². The molecule has 7 heteroatoms. The maximum Gasteiger partial charge on any atom is 0.146 e. The molecule has 31 heavy (non-hydrogen) atoms. The van der Waals surface area contributed by atoms with Crippen molar-refractivity contribution < 1.29 is 14.6 Å². The Labute approximate surface area is 181 Å². The van der Waals surface area contributed by atoms with Gasteiger partial charge in [0.2, 0.25) is 0 Å². The fraction of sp³-hybridized carbons (Fsp3) is 0.500. The van der Waals surface area contributed by atoms with E-state index in [0.717, 1.165) is 66.4 Å². The molecule has 4 heterocycles. The van der Waals surface area contributed by atoms with E-state index in [2.05, 4.69) is 32.9 Å². The number of hydrogen-bond donors (Lipinski definition) is 2. The Balaban J connectivity index is 1.31. The summed E-state index contributed by atoms with van der Waals surface area (Å²) in [5, 5.41) is 10.3. The Hall–Kier alpha value is -2.64. The number of nitrogens with zero attached hydrogens (tertiary/aromatic N) is 3. The standard InChI is InChI=1S/C24H28N4O3/c25-22-21-20(11-28(23(21)27-14-26-22)17-8-15(9-17)12-29)16-2-1-3-19(10-16)30-13-24-6-4-18(31-24)5-7-24/h1-3,10-11,14-15,17-18,29H,4-9,12-13H2,(H2,25,26,27)/t15?,17?,18-,24+. The molecular weight excluding hydrogens is 392 g/mol. The molecule has 3 aromatic rings. The van der Waals surface area contributed by atoms with E-state index in [0.29, 0.717) is 30.5 Å². The molecule has 3 aliphatic rings. The van der Waals surface area contributed by atoms with Crippen molar-refractivity contribution in [1.29, 1.82) is 0 Å². The van der Waals surface area contributed by atoms with Crippen LogP contribution in [0.2, 0.25) is 0 Å². The van der Waals surface area contributed by atoms with Crippen LogP contribution in [0.3, 0.4) is 0 Å². The highest BCUT2D eigenvalue weighted by Crippen LogP contribution is 2.45. The van der Waals surface area contributed by atoms with Crippen LogP contribution < -0.4 is 10.5 Å². The SMILES string of the molecule is Nc1ncnc2c1c(-c1cccc(OC[C@]34CC[C@H](CC3)O4)c1)cn2C1CC(CO)C1. The molecule has 0 radical (unpaired) electrons. The first-order valence-electron chi connectivity index (χ1n) is 11.3. The van der Waals surface area contributed by atoms with Crippen LogP contribution in [0, 0.1) is 5.92 Å². The summed E-state index contributed by atoms with van der Waals surface area (Å²) in [4.78, 5) is 8.78. The molecule has 0 spiro atoms. The number of rotatable bonds is 6. The van der Waals surface area contributed by atoms with E-state index in [1.165, 1.54) is 6.33 Å². The van der Waals surface area contributed by atoms with Gasteiger partial charge in [0.05, 0.1) is 11.5 Å². The zero-order chi connectivity index (χ0) is 21.0. The highest BCUT2D eigenvalue weighted by atomic mass is 16.6. The minimum absolute atomic E-state index is 0.0948. The number of aliphatic hydroxyl groups is 1. The van der Waals surface area contributed by atoms with E-state index in [1.54, 1.807) is 0 Å². The van der Waals surface area contributed by atoms with Crippen molar-refractivity contribution in [3.63, 3.8) is 0 Å². The largest absolute Gasteiger partial charge is 0.491 e. The Kier molecular flexibility index (Phi) is 4.43. The number of nitrogens with two attached hydrogens (primary N) is 1. The van der Waals surface area contributed by atoms with Crippen molar-refractivity contribution in [3.8, 4) is 16.9 Å². The monoisotopic (exact) mass is 420 g/mol. The van der Waals surface area contributed by atoms with Crippen LogP contribution >= 0.6 is 0 Å².